The van der Waals surface area contributed by atoms with Crippen LogP contribution in [0.2, 0.25) is 0 Å². The predicted molar refractivity (Wildman–Crippen MR) is 97.7 cm³/mol. The van der Waals surface area contributed by atoms with Crippen LogP contribution in [0.3, 0.4) is 0 Å². The summed E-state index contributed by atoms with van der Waals surface area (Å²) >= 11 is 0. The minimum atomic E-state index is -0.484. The van der Waals surface area contributed by atoms with Crippen LogP contribution in [0.4, 0.5) is 0 Å². The van der Waals surface area contributed by atoms with Crippen LogP contribution in [0, 0.1) is 6.92 Å². The number of carbonyl (C=O) groups excluding carboxylic acids is 2. The molecule has 3 N–H and O–H groups in total. The van der Waals surface area contributed by atoms with Gasteiger partial charge in [0.2, 0.25) is 0 Å². The van der Waals surface area contributed by atoms with Gasteiger partial charge in [-0.1, -0.05) is 26.0 Å². The third kappa shape index (κ3) is 5.93. The first-order chi connectivity index (χ1) is 12.3. The zero-order valence-electron chi connectivity index (χ0n) is 15.5. The van der Waals surface area contributed by atoms with Gasteiger partial charge in [-0.2, -0.15) is 0 Å². The first-order valence-corrected chi connectivity index (χ1v) is 8.49. The molecule has 0 radical (unpaired) electrons. The van der Waals surface area contributed by atoms with Gasteiger partial charge in [0.25, 0.3) is 11.8 Å². The Balaban J connectivity index is 1.70. The van der Waals surface area contributed by atoms with Gasteiger partial charge in [0, 0.05) is 0 Å². The van der Waals surface area contributed by atoms with Gasteiger partial charge >= 0.3 is 0 Å². The van der Waals surface area contributed by atoms with E-state index in [1.807, 2.05) is 24.3 Å². The third-order valence-electron chi connectivity index (χ3n) is 3.66. The van der Waals surface area contributed by atoms with Gasteiger partial charge in [0.05, 0.1) is 6.17 Å². The fraction of sp³-hybridized carbons (Fsp3) is 0.368. The number of hydrogen-bond donors (Lipinski definition) is 3. The highest BCUT2D eigenvalue weighted by Crippen LogP contribution is 2.18. The van der Waals surface area contributed by atoms with E-state index in [4.69, 9.17) is 9.15 Å². The van der Waals surface area contributed by atoms with E-state index in [-0.39, 0.29) is 24.2 Å². The van der Waals surface area contributed by atoms with E-state index < -0.39 is 6.17 Å². The molecule has 2 aromatic rings. The number of nitrogens with one attached hydrogen (secondary N) is 3. The lowest BCUT2D eigenvalue weighted by atomic mass is 10.0. The molecule has 0 bridgehead atoms. The SMILES string of the molecule is Cc1ccc(C(=O)NC(C)NNC(=O)COc2ccc(C(C)C)cc2)o1. The lowest BCUT2D eigenvalue weighted by molar-refractivity contribution is -0.124. The lowest BCUT2D eigenvalue weighted by Gasteiger charge is -2.16. The number of amides is 2. The summed E-state index contributed by atoms with van der Waals surface area (Å²) in [6.07, 6.45) is -0.484. The van der Waals surface area contributed by atoms with Crippen LogP contribution in [0.25, 0.3) is 0 Å². The van der Waals surface area contributed by atoms with Crippen LogP contribution >= 0.6 is 0 Å². The maximum atomic E-state index is 11.9. The smallest absolute Gasteiger partial charge is 0.288 e. The summed E-state index contributed by atoms with van der Waals surface area (Å²) in [4.78, 5) is 23.7. The fourth-order valence-electron chi connectivity index (χ4n) is 2.18. The van der Waals surface area contributed by atoms with Gasteiger partial charge in [-0.05, 0) is 49.6 Å². The van der Waals surface area contributed by atoms with Crippen LogP contribution in [0.15, 0.2) is 40.8 Å². The molecule has 140 valence electrons. The molecule has 0 aliphatic heterocycles. The molecule has 0 aliphatic rings. The summed E-state index contributed by atoms with van der Waals surface area (Å²) in [6, 6.07) is 10.9. The molecule has 1 aromatic carbocycles. The third-order valence-corrected chi connectivity index (χ3v) is 3.66. The van der Waals surface area contributed by atoms with Gasteiger partial charge < -0.3 is 14.5 Å². The Hall–Kier alpha value is -2.80. The molecule has 0 fully saturated rings. The summed E-state index contributed by atoms with van der Waals surface area (Å²) in [5, 5.41) is 2.66. The molecule has 0 spiro atoms. The number of benzene rings is 1. The Morgan fingerprint density at radius 3 is 2.35 bits per heavy atom. The van der Waals surface area contributed by atoms with E-state index in [9.17, 15) is 9.59 Å². The van der Waals surface area contributed by atoms with Crippen molar-refractivity contribution in [3.63, 3.8) is 0 Å². The number of furan rings is 1. The molecule has 1 atom stereocenters. The Morgan fingerprint density at radius 1 is 1.08 bits per heavy atom. The lowest BCUT2D eigenvalue weighted by Crippen LogP contribution is -2.52. The standard InChI is InChI=1S/C19H25N3O4/c1-12(2)15-6-8-16(9-7-15)25-11-18(23)22-21-14(4)20-19(24)17-10-5-13(3)26-17/h5-10,12,14,21H,11H2,1-4H3,(H,20,24)(H,22,23). The molecular weight excluding hydrogens is 334 g/mol. The Kier molecular flexibility index (Phi) is 6.80. The number of rotatable bonds is 8. The second-order valence-corrected chi connectivity index (χ2v) is 6.31. The number of aryl methyl sites for hydroxylation is 1. The van der Waals surface area contributed by atoms with Gasteiger partial charge in [0.15, 0.2) is 12.4 Å². The minimum Gasteiger partial charge on any atom is -0.484 e. The molecule has 7 heteroatoms. The quantitative estimate of drug-likeness (QED) is 0.497. The summed E-state index contributed by atoms with van der Waals surface area (Å²) in [5.74, 6) is 1.22. The van der Waals surface area contributed by atoms with E-state index in [1.54, 1.807) is 26.0 Å². The van der Waals surface area contributed by atoms with Crippen LogP contribution in [0.1, 0.15) is 48.6 Å². The number of ether oxygens (including phenoxy) is 1. The topological polar surface area (TPSA) is 92.6 Å². The van der Waals surface area contributed by atoms with Crippen molar-refractivity contribution >= 4 is 11.8 Å². The Labute approximate surface area is 153 Å². The number of carbonyl (C=O) groups is 2. The van der Waals surface area contributed by atoms with E-state index >= 15 is 0 Å². The number of hydrazine groups is 1. The number of hydrogen-bond acceptors (Lipinski definition) is 5. The normalized spacial score (nSPS) is 11.9. The second-order valence-electron chi connectivity index (χ2n) is 6.31. The van der Waals surface area contributed by atoms with Crippen molar-refractivity contribution in [2.24, 2.45) is 0 Å². The zero-order valence-corrected chi connectivity index (χ0v) is 15.5. The predicted octanol–water partition coefficient (Wildman–Crippen LogP) is 2.49. The van der Waals surface area contributed by atoms with Crippen molar-refractivity contribution in [1.82, 2.24) is 16.2 Å². The van der Waals surface area contributed by atoms with Crippen molar-refractivity contribution in [1.29, 1.82) is 0 Å². The van der Waals surface area contributed by atoms with Gasteiger partial charge in [-0.15, -0.1) is 0 Å². The molecule has 0 saturated heterocycles. The summed E-state index contributed by atoms with van der Waals surface area (Å²) in [5.41, 5.74) is 6.39. The minimum absolute atomic E-state index is 0.133. The monoisotopic (exact) mass is 359 g/mol. The molecule has 1 unspecified atom stereocenters. The first-order valence-electron chi connectivity index (χ1n) is 8.49. The van der Waals surface area contributed by atoms with Crippen LogP contribution in [-0.4, -0.2) is 24.6 Å². The maximum Gasteiger partial charge on any atom is 0.288 e. The fourth-order valence-corrected chi connectivity index (χ4v) is 2.18. The van der Waals surface area contributed by atoms with E-state index in [0.29, 0.717) is 17.4 Å². The van der Waals surface area contributed by atoms with Crippen molar-refractivity contribution in [2.45, 2.75) is 39.8 Å². The molecule has 26 heavy (non-hydrogen) atoms. The molecule has 0 aliphatic carbocycles. The molecule has 0 saturated carbocycles. The van der Waals surface area contributed by atoms with Crippen molar-refractivity contribution < 1.29 is 18.7 Å². The van der Waals surface area contributed by atoms with Crippen LogP contribution in [0.5, 0.6) is 5.75 Å². The maximum absolute atomic E-state index is 11.9. The highest BCUT2D eigenvalue weighted by atomic mass is 16.5. The second kappa shape index (κ2) is 9.05. The van der Waals surface area contributed by atoms with Crippen molar-refractivity contribution in [2.75, 3.05) is 6.61 Å². The molecule has 1 heterocycles. The van der Waals surface area contributed by atoms with Crippen molar-refractivity contribution in [3.8, 4) is 5.75 Å². The van der Waals surface area contributed by atoms with Crippen molar-refractivity contribution in [3.05, 3.63) is 53.5 Å². The first kappa shape index (κ1) is 19.5. The van der Waals surface area contributed by atoms with E-state index in [0.717, 1.165) is 0 Å². The average Bonchev–Trinajstić information content (AvgIpc) is 3.05. The van der Waals surface area contributed by atoms with E-state index in [2.05, 4.69) is 30.0 Å². The Morgan fingerprint density at radius 2 is 1.77 bits per heavy atom. The molecule has 2 amide bonds. The zero-order chi connectivity index (χ0) is 19.1. The highest BCUT2D eigenvalue weighted by Gasteiger charge is 2.13. The highest BCUT2D eigenvalue weighted by molar-refractivity contribution is 5.91. The van der Waals surface area contributed by atoms with Crippen LogP contribution < -0.4 is 20.9 Å². The Bertz CT molecular complexity index is 737. The van der Waals surface area contributed by atoms with Gasteiger partial charge in [-0.25, -0.2) is 5.43 Å². The average molecular weight is 359 g/mol. The largest absolute Gasteiger partial charge is 0.484 e. The van der Waals surface area contributed by atoms with Gasteiger partial charge in [0.1, 0.15) is 11.5 Å². The van der Waals surface area contributed by atoms with E-state index in [1.165, 1.54) is 5.56 Å². The summed E-state index contributed by atoms with van der Waals surface area (Å²) in [7, 11) is 0. The summed E-state index contributed by atoms with van der Waals surface area (Å²) < 4.78 is 10.7. The van der Waals surface area contributed by atoms with Gasteiger partial charge in [-0.3, -0.25) is 15.0 Å². The summed E-state index contributed by atoms with van der Waals surface area (Å²) in [6.45, 7) is 7.55. The molecule has 2 rings (SSSR count). The van der Waals surface area contributed by atoms with Crippen LogP contribution in [-0.2, 0) is 4.79 Å². The molecular formula is C19H25N3O4. The molecule has 7 nitrogen and oxygen atoms in total. The molecule has 1 aromatic heterocycles.